The van der Waals surface area contributed by atoms with Crippen LogP contribution in [-0.2, 0) is 9.59 Å². The van der Waals surface area contributed by atoms with Gasteiger partial charge in [-0.3, -0.25) is 9.59 Å². The topological polar surface area (TPSA) is 107 Å². The van der Waals surface area contributed by atoms with E-state index in [1.807, 2.05) is 41.5 Å². The van der Waals surface area contributed by atoms with Gasteiger partial charge in [0.2, 0.25) is 11.8 Å². The first-order valence-electron chi connectivity index (χ1n) is 5.98. The Bertz CT molecular complexity index is 346. The van der Waals surface area contributed by atoms with Crippen molar-refractivity contribution in [2.75, 3.05) is 6.54 Å². The highest BCUT2D eigenvalue weighted by Gasteiger charge is 2.12. The second-order valence-corrected chi connectivity index (χ2v) is 6.12. The summed E-state index contributed by atoms with van der Waals surface area (Å²) in [7, 11) is 0. The largest absolute Gasteiger partial charge is 0.352 e. The van der Waals surface area contributed by atoms with Crippen LogP contribution >= 0.6 is 0 Å². The van der Waals surface area contributed by atoms with E-state index in [1.54, 1.807) is 0 Å². The molecule has 7 nitrogen and oxygen atoms in total. The van der Waals surface area contributed by atoms with E-state index in [9.17, 15) is 9.59 Å². The first kappa shape index (κ1) is 19.6. The quantitative estimate of drug-likeness (QED) is 0.456. The van der Waals surface area contributed by atoms with Gasteiger partial charge in [-0.15, -0.1) is 0 Å². The molecule has 0 rings (SSSR count). The Morgan fingerprint density at radius 2 is 1.47 bits per heavy atom. The summed E-state index contributed by atoms with van der Waals surface area (Å²) in [6.07, 6.45) is 0. The van der Waals surface area contributed by atoms with E-state index in [1.165, 1.54) is 6.92 Å². The van der Waals surface area contributed by atoms with Crippen molar-refractivity contribution < 1.29 is 9.59 Å². The molecule has 0 bridgehead atoms. The van der Waals surface area contributed by atoms with Gasteiger partial charge in [0.15, 0.2) is 0 Å². The lowest BCUT2D eigenvalue weighted by molar-refractivity contribution is -0.121. The Hall–Kier alpha value is -1.75. The molecular weight excluding hydrogens is 246 g/mol. The number of amides is 2. The van der Waals surface area contributed by atoms with Crippen LogP contribution in [0.3, 0.4) is 0 Å². The third-order valence-corrected chi connectivity index (χ3v) is 1.34. The van der Waals surface area contributed by atoms with Gasteiger partial charge >= 0.3 is 0 Å². The number of hydrogen-bond donors (Lipinski definition) is 2. The Morgan fingerprint density at radius 3 is 1.68 bits per heavy atom. The molecular formula is C12H25N5O2. The van der Waals surface area contributed by atoms with Crippen LogP contribution in [0, 0.1) is 0 Å². The van der Waals surface area contributed by atoms with Crippen LogP contribution in [0.1, 0.15) is 48.5 Å². The molecule has 0 aliphatic rings. The van der Waals surface area contributed by atoms with Crippen molar-refractivity contribution in [2.24, 2.45) is 5.11 Å². The molecule has 0 aromatic heterocycles. The summed E-state index contributed by atoms with van der Waals surface area (Å²) in [6.45, 7) is 12.8. The Kier molecular flexibility index (Phi) is 8.63. The zero-order valence-corrected chi connectivity index (χ0v) is 12.9. The van der Waals surface area contributed by atoms with Crippen molar-refractivity contribution >= 4 is 11.8 Å². The van der Waals surface area contributed by atoms with Gasteiger partial charge in [0.05, 0.1) is 0 Å². The van der Waals surface area contributed by atoms with Gasteiger partial charge in [0.1, 0.15) is 6.54 Å². The molecule has 0 spiro atoms. The Morgan fingerprint density at radius 1 is 1.05 bits per heavy atom. The highest BCUT2D eigenvalue weighted by molar-refractivity contribution is 5.78. The number of nitrogens with zero attached hydrogens (tertiary/aromatic N) is 3. The van der Waals surface area contributed by atoms with Crippen LogP contribution in [0.15, 0.2) is 5.11 Å². The van der Waals surface area contributed by atoms with Gasteiger partial charge < -0.3 is 10.6 Å². The first-order chi connectivity index (χ1) is 8.37. The number of nitrogens with one attached hydrogen (secondary N) is 2. The molecule has 0 heterocycles. The predicted octanol–water partition coefficient (Wildman–Crippen LogP) is 2.13. The molecule has 2 N–H and O–H groups in total. The number of carbonyl (C=O) groups excluding carboxylic acids is 2. The van der Waals surface area contributed by atoms with Crippen molar-refractivity contribution in [2.45, 2.75) is 59.5 Å². The minimum absolute atomic E-state index is 0.0255. The number of hydrogen-bond acceptors (Lipinski definition) is 3. The van der Waals surface area contributed by atoms with Crippen molar-refractivity contribution in [3.8, 4) is 0 Å². The van der Waals surface area contributed by atoms with Crippen LogP contribution in [0.25, 0.3) is 10.4 Å². The molecule has 0 saturated carbocycles. The van der Waals surface area contributed by atoms with Gasteiger partial charge in [-0.1, -0.05) is 5.11 Å². The van der Waals surface area contributed by atoms with Crippen molar-refractivity contribution in [1.82, 2.24) is 10.6 Å². The highest BCUT2D eigenvalue weighted by atomic mass is 16.2. The molecule has 0 aliphatic carbocycles. The van der Waals surface area contributed by atoms with Crippen molar-refractivity contribution in [3.05, 3.63) is 10.4 Å². The summed E-state index contributed by atoms with van der Waals surface area (Å²) in [5.41, 5.74) is 7.55. The van der Waals surface area contributed by atoms with E-state index in [0.29, 0.717) is 0 Å². The van der Waals surface area contributed by atoms with Crippen molar-refractivity contribution in [3.63, 3.8) is 0 Å². The maximum atomic E-state index is 10.8. The van der Waals surface area contributed by atoms with Crippen LogP contribution < -0.4 is 10.6 Å². The smallest absolute Gasteiger partial charge is 0.226 e. The SMILES string of the molecule is CC(=O)NC(C)(C)C.CC(C)(C)NC(=O)CN=[N+]=[N-]. The molecule has 110 valence electrons. The molecule has 0 unspecified atom stereocenters. The monoisotopic (exact) mass is 271 g/mol. The third kappa shape index (κ3) is 22.0. The predicted molar refractivity (Wildman–Crippen MR) is 75.5 cm³/mol. The second-order valence-electron chi connectivity index (χ2n) is 6.12. The summed E-state index contributed by atoms with van der Waals surface area (Å²) < 4.78 is 0. The van der Waals surface area contributed by atoms with Crippen LogP contribution in [-0.4, -0.2) is 29.4 Å². The molecule has 0 aromatic rings. The molecule has 0 atom stereocenters. The summed E-state index contributed by atoms with van der Waals surface area (Å²) in [4.78, 5) is 23.7. The minimum Gasteiger partial charge on any atom is -0.352 e. The van der Waals surface area contributed by atoms with E-state index in [4.69, 9.17) is 5.53 Å². The fourth-order valence-corrected chi connectivity index (χ4v) is 1.08. The minimum atomic E-state index is -0.262. The fourth-order valence-electron chi connectivity index (χ4n) is 1.08. The lowest BCUT2D eigenvalue weighted by atomic mass is 10.1. The van der Waals surface area contributed by atoms with Crippen LogP contribution in [0.5, 0.6) is 0 Å². The molecule has 0 fully saturated rings. The number of carbonyl (C=O) groups is 2. The van der Waals surface area contributed by atoms with Gasteiger partial charge in [0.25, 0.3) is 0 Å². The fraction of sp³-hybridized carbons (Fsp3) is 0.833. The molecule has 7 heteroatoms. The van der Waals surface area contributed by atoms with E-state index < -0.39 is 0 Å². The van der Waals surface area contributed by atoms with Gasteiger partial charge in [-0.25, -0.2) is 0 Å². The molecule has 0 saturated heterocycles. The van der Waals surface area contributed by atoms with E-state index in [2.05, 4.69) is 20.7 Å². The molecule has 0 aromatic carbocycles. The van der Waals surface area contributed by atoms with E-state index in [0.717, 1.165) is 0 Å². The van der Waals surface area contributed by atoms with Gasteiger partial charge in [0, 0.05) is 22.9 Å². The summed E-state index contributed by atoms with van der Waals surface area (Å²) in [5, 5.41) is 8.52. The maximum absolute atomic E-state index is 10.8. The van der Waals surface area contributed by atoms with Gasteiger partial charge in [-0.05, 0) is 47.1 Å². The zero-order chi connectivity index (χ0) is 15.7. The summed E-state index contributed by atoms with van der Waals surface area (Å²) in [6, 6.07) is 0. The lowest BCUT2D eigenvalue weighted by Gasteiger charge is -2.19. The number of azide groups is 1. The second kappa shape index (κ2) is 8.37. The van der Waals surface area contributed by atoms with E-state index >= 15 is 0 Å². The lowest BCUT2D eigenvalue weighted by Crippen LogP contribution is -2.41. The summed E-state index contributed by atoms with van der Waals surface area (Å²) >= 11 is 0. The third-order valence-electron chi connectivity index (χ3n) is 1.34. The standard InChI is InChI=1S/C6H12N4O.C6H13NO/c1-6(2,3)9-5(11)4-8-10-7;1-5(8)7-6(2,3)4/h4H2,1-3H3,(H,9,11);1-4H3,(H,7,8). The van der Waals surface area contributed by atoms with Crippen molar-refractivity contribution in [1.29, 1.82) is 0 Å². The molecule has 0 aliphatic heterocycles. The molecule has 19 heavy (non-hydrogen) atoms. The first-order valence-corrected chi connectivity index (χ1v) is 5.98. The van der Waals surface area contributed by atoms with Crippen LogP contribution in [0.4, 0.5) is 0 Å². The van der Waals surface area contributed by atoms with Crippen LogP contribution in [0.2, 0.25) is 0 Å². The van der Waals surface area contributed by atoms with E-state index in [-0.39, 0.29) is 29.4 Å². The number of rotatable bonds is 2. The Labute approximate surface area is 114 Å². The Balaban J connectivity index is 0. The average molecular weight is 271 g/mol. The zero-order valence-electron chi connectivity index (χ0n) is 12.9. The summed E-state index contributed by atoms with van der Waals surface area (Å²) in [5.74, 6) is -0.229. The van der Waals surface area contributed by atoms with Gasteiger partial charge in [-0.2, -0.15) is 0 Å². The highest BCUT2D eigenvalue weighted by Crippen LogP contribution is 1.97. The average Bonchev–Trinajstić information content (AvgIpc) is 2.08. The molecule has 2 amide bonds. The molecule has 0 radical (unpaired) electrons. The maximum Gasteiger partial charge on any atom is 0.226 e. The normalized spacial score (nSPS) is 10.5.